The van der Waals surface area contributed by atoms with Crippen LogP contribution < -0.4 is 4.72 Å². The largest absolute Gasteiger partial charge is 0.393 e. The smallest absolute Gasteiger partial charge is 0.243 e. The molecule has 0 radical (unpaired) electrons. The first-order chi connectivity index (χ1) is 8.74. The summed E-state index contributed by atoms with van der Waals surface area (Å²) in [7, 11) is -3.79. The molecule has 1 aromatic carbocycles. The second-order valence-corrected chi connectivity index (χ2v) is 7.04. The Hall–Kier alpha value is -0.0400. The van der Waals surface area contributed by atoms with Crippen LogP contribution in [0.2, 0.25) is 15.1 Å². The standard InChI is InChI=1S/C11H14Cl3NO3S/c1-7(16)3-2-4-15-19(17,18)11-9(13)5-8(12)6-10(11)14/h5-7,15-16H,2-4H2,1H3. The normalized spacial score (nSPS) is 13.5. The van der Waals surface area contributed by atoms with Crippen LogP contribution in [0.25, 0.3) is 0 Å². The van der Waals surface area contributed by atoms with Gasteiger partial charge in [-0.2, -0.15) is 0 Å². The minimum absolute atomic E-state index is 0.0273. The molecule has 1 unspecified atom stereocenters. The molecule has 0 amide bonds. The Bertz CT molecular complexity index is 523. The summed E-state index contributed by atoms with van der Waals surface area (Å²) in [6, 6.07) is 2.64. The molecule has 0 aliphatic carbocycles. The van der Waals surface area contributed by atoms with Crippen LogP contribution in [0.15, 0.2) is 17.0 Å². The Balaban J connectivity index is 2.84. The van der Waals surface area contributed by atoms with Gasteiger partial charge in [0.2, 0.25) is 10.0 Å². The number of rotatable bonds is 6. The van der Waals surface area contributed by atoms with Gasteiger partial charge in [-0.05, 0) is 31.9 Å². The number of aliphatic hydroxyl groups excluding tert-OH is 1. The third-order valence-corrected chi connectivity index (χ3v) is 4.92. The monoisotopic (exact) mass is 345 g/mol. The van der Waals surface area contributed by atoms with Gasteiger partial charge in [0, 0.05) is 11.6 Å². The number of halogens is 3. The molecule has 0 spiro atoms. The molecule has 0 saturated carbocycles. The molecular weight excluding hydrogens is 333 g/mol. The van der Waals surface area contributed by atoms with E-state index >= 15 is 0 Å². The zero-order valence-electron chi connectivity index (χ0n) is 10.2. The molecule has 0 saturated heterocycles. The van der Waals surface area contributed by atoms with E-state index in [1.54, 1.807) is 6.92 Å². The lowest BCUT2D eigenvalue weighted by Crippen LogP contribution is -2.26. The quantitative estimate of drug-likeness (QED) is 0.778. The lowest BCUT2D eigenvalue weighted by Gasteiger charge is -2.11. The summed E-state index contributed by atoms with van der Waals surface area (Å²) in [6.45, 7) is 1.84. The van der Waals surface area contributed by atoms with E-state index in [2.05, 4.69) is 4.72 Å². The maximum Gasteiger partial charge on any atom is 0.243 e. The molecule has 1 rings (SSSR count). The fraction of sp³-hybridized carbons (Fsp3) is 0.455. The summed E-state index contributed by atoms with van der Waals surface area (Å²) in [5, 5.41) is 9.30. The predicted octanol–water partition coefficient (Wildman–Crippen LogP) is 3.09. The highest BCUT2D eigenvalue weighted by molar-refractivity contribution is 7.89. The minimum Gasteiger partial charge on any atom is -0.393 e. The average molecular weight is 347 g/mol. The minimum atomic E-state index is -3.79. The Morgan fingerprint density at radius 1 is 1.26 bits per heavy atom. The molecule has 0 heterocycles. The molecule has 0 aliphatic heterocycles. The zero-order valence-corrected chi connectivity index (χ0v) is 13.2. The Kier molecular flexibility index (Phi) is 6.36. The van der Waals surface area contributed by atoms with Crippen LogP contribution in [0.1, 0.15) is 19.8 Å². The Morgan fingerprint density at radius 2 is 1.79 bits per heavy atom. The van der Waals surface area contributed by atoms with Crippen molar-refractivity contribution in [3.05, 3.63) is 27.2 Å². The van der Waals surface area contributed by atoms with E-state index < -0.39 is 16.1 Å². The van der Waals surface area contributed by atoms with Gasteiger partial charge in [-0.15, -0.1) is 0 Å². The third-order valence-electron chi connectivity index (χ3n) is 2.32. The molecule has 2 N–H and O–H groups in total. The fourth-order valence-electron chi connectivity index (χ4n) is 1.46. The number of benzene rings is 1. The van der Waals surface area contributed by atoms with Crippen LogP contribution in [-0.2, 0) is 10.0 Å². The van der Waals surface area contributed by atoms with Crippen LogP contribution in [0.5, 0.6) is 0 Å². The Labute approximate surface area is 127 Å². The molecule has 8 heteroatoms. The topological polar surface area (TPSA) is 66.4 Å². The van der Waals surface area contributed by atoms with Crippen molar-refractivity contribution in [3.63, 3.8) is 0 Å². The van der Waals surface area contributed by atoms with Crippen LogP contribution in [0, 0.1) is 0 Å². The summed E-state index contributed by atoms with van der Waals surface area (Å²) >= 11 is 17.4. The number of aliphatic hydroxyl groups is 1. The summed E-state index contributed by atoms with van der Waals surface area (Å²) in [4.78, 5) is -0.183. The van der Waals surface area contributed by atoms with E-state index in [4.69, 9.17) is 39.9 Å². The van der Waals surface area contributed by atoms with Gasteiger partial charge >= 0.3 is 0 Å². The molecule has 0 aromatic heterocycles. The Morgan fingerprint density at radius 3 is 2.26 bits per heavy atom. The maximum absolute atomic E-state index is 12.0. The van der Waals surface area contributed by atoms with Gasteiger partial charge in [-0.3, -0.25) is 0 Å². The molecule has 19 heavy (non-hydrogen) atoms. The first kappa shape index (κ1) is 17.0. The molecule has 1 atom stereocenters. The van der Waals surface area contributed by atoms with E-state index in [9.17, 15) is 8.42 Å². The van der Waals surface area contributed by atoms with Gasteiger partial charge < -0.3 is 5.11 Å². The van der Waals surface area contributed by atoms with Gasteiger partial charge in [0.1, 0.15) is 4.90 Å². The number of nitrogens with one attached hydrogen (secondary N) is 1. The highest BCUT2D eigenvalue weighted by atomic mass is 35.5. The lowest BCUT2D eigenvalue weighted by molar-refractivity contribution is 0.182. The second-order valence-electron chi connectivity index (χ2n) is 4.09. The van der Waals surface area contributed by atoms with E-state index in [1.165, 1.54) is 12.1 Å². The van der Waals surface area contributed by atoms with E-state index in [0.29, 0.717) is 12.8 Å². The molecular formula is C11H14Cl3NO3S. The first-order valence-electron chi connectivity index (χ1n) is 5.56. The number of hydrogen-bond donors (Lipinski definition) is 2. The molecule has 0 fully saturated rings. The van der Waals surface area contributed by atoms with Crippen molar-refractivity contribution in [1.82, 2.24) is 4.72 Å². The van der Waals surface area contributed by atoms with Crippen molar-refractivity contribution in [1.29, 1.82) is 0 Å². The summed E-state index contributed by atoms with van der Waals surface area (Å²) in [5.41, 5.74) is 0. The predicted molar refractivity (Wildman–Crippen MR) is 77.6 cm³/mol. The van der Waals surface area contributed by atoms with E-state index in [0.717, 1.165) is 0 Å². The average Bonchev–Trinajstić information content (AvgIpc) is 2.22. The van der Waals surface area contributed by atoms with Gasteiger partial charge in [0.15, 0.2) is 0 Å². The van der Waals surface area contributed by atoms with E-state index in [1.807, 2.05) is 0 Å². The van der Waals surface area contributed by atoms with Crippen molar-refractivity contribution < 1.29 is 13.5 Å². The van der Waals surface area contributed by atoms with E-state index in [-0.39, 0.29) is 26.5 Å². The second kappa shape index (κ2) is 7.11. The molecule has 4 nitrogen and oxygen atoms in total. The van der Waals surface area contributed by atoms with Crippen LogP contribution in [0.4, 0.5) is 0 Å². The highest BCUT2D eigenvalue weighted by Crippen LogP contribution is 2.32. The number of hydrogen-bond acceptors (Lipinski definition) is 3. The lowest BCUT2D eigenvalue weighted by atomic mass is 10.2. The fourth-order valence-corrected chi connectivity index (χ4v) is 4.08. The van der Waals surface area contributed by atoms with Crippen molar-refractivity contribution in [2.45, 2.75) is 30.8 Å². The molecule has 1 aromatic rings. The van der Waals surface area contributed by atoms with Crippen molar-refractivity contribution in [3.8, 4) is 0 Å². The number of sulfonamides is 1. The third kappa shape index (κ3) is 5.10. The van der Waals surface area contributed by atoms with Gasteiger partial charge in [0.25, 0.3) is 0 Å². The summed E-state index contributed by atoms with van der Waals surface area (Å²) in [5.74, 6) is 0. The van der Waals surface area contributed by atoms with Crippen LogP contribution in [-0.4, -0.2) is 26.2 Å². The van der Waals surface area contributed by atoms with Crippen LogP contribution >= 0.6 is 34.8 Å². The van der Waals surface area contributed by atoms with Crippen molar-refractivity contribution in [2.24, 2.45) is 0 Å². The maximum atomic E-state index is 12.0. The SMILES string of the molecule is CC(O)CCCNS(=O)(=O)c1c(Cl)cc(Cl)cc1Cl. The zero-order chi connectivity index (χ0) is 14.6. The van der Waals surface area contributed by atoms with Crippen molar-refractivity contribution >= 4 is 44.8 Å². The van der Waals surface area contributed by atoms with Crippen molar-refractivity contribution in [2.75, 3.05) is 6.54 Å². The van der Waals surface area contributed by atoms with Crippen LogP contribution in [0.3, 0.4) is 0 Å². The van der Waals surface area contributed by atoms with Gasteiger partial charge in [0.05, 0.1) is 16.1 Å². The first-order valence-corrected chi connectivity index (χ1v) is 8.18. The molecule has 0 aliphatic rings. The van der Waals surface area contributed by atoms with Gasteiger partial charge in [-0.1, -0.05) is 34.8 Å². The van der Waals surface area contributed by atoms with Gasteiger partial charge in [-0.25, -0.2) is 13.1 Å². The highest BCUT2D eigenvalue weighted by Gasteiger charge is 2.21. The molecule has 0 bridgehead atoms. The molecule has 108 valence electrons. The summed E-state index contributed by atoms with van der Waals surface area (Å²) in [6.07, 6.45) is 0.553. The summed E-state index contributed by atoms with van der Waals surface area (Å²) < 4.78 is 26.5.